The molecule has 6 rings (SSSR count). The van der Waals surface area contributed by atoms with Gasteiger partial charge in [-0.15, -0.1) is 0 Å². The Hall–Kier alpha value is -5.31. The largest absolute Gasteiger partial charge is 0.477 e. The fraction of sp³-hybridized carbons (Fsp3) is 0.0714. The topological polar surface area (TPSA) is 115 Å². The van der Waals surface area contributed by atoms with Gasteiger partial charge < -0.3 is 5.11 Å². The van der Waals surface area contributed by atoms with Crippen molar-refractivity contribution >= 4 is 34.1 Å². The number of aromatic nitrogens is 6. The highest BCUT2D eigenvalue weighted by molar-refractivity contribution is 6.68. The molecule has 0 amide bonds. The second-order valence-corrected chi connectivity index (χ2v) is 9.29. The molecule has 0 saturated carbocycles. The van der Waals surface area contributed by atoms with E-state index >= 15 is 0 Å². The predicted molar refractivity (Wildman–Crippen MR) is 144 cm³/mol. The van der Waals surface area contributed by atoms with Crippen molar-refractivity contribution in [2.24, 2.45) is 0 Å². The first-order valence-corrected chi connectivity index (χ1v) is 12.6. The molecule has 4 aromatic heterocycles. The first-order valence-electron chi connectivity index (χ1n) is 12.2. The molecule has 224 valence electrons. The molecule has 9 nitrogen and oxygen atoms in total. The van der Waals surface area contributed by atoms with E-state index in [1.54, 1.807) is 0 Å². The summed E-state index contributed by atoms with van der Waals surface area (Å²) in [5.41, 5.74) is -1.76. The Kier molecular flexibility index (Phi) is 7.82. The van der Waals surface area contributed by atoms with Crippen LogP contribution in [0.5, 0.6) is 0 Å². The lowest BCUT2D eigenvalue weighted by Crippen LogP contribution is -2.08. The minimum atomic E-state index is -4.53. The molecule has 0 atom stereocenters. The Balaban J connectivity index is 0.000000175. The minimum Gasteiger partial charge on any atom is -0.477 e. The Morgan fingerprint density at radius 2 is 1.07 bits per heavy atom. The van der Waals surface area contributed by atoms with Crippen LogP contribution in [0.3, 0.4) is 0 Å². The number of carbonyl (C=O) groups excluding carboxylic acids is 1. The van der Waals surface area contributed by atoms with Crippen molar-refractivity contribution in [2.75, 3.05) is 0 Å². The van der Waals surface area contributed by atoms with Crippen molar-refractivity contribution in [1.29, 1.82) is 0 Å². The SMILES string of the molecule is O=C(Cl)c1cnn2ccc(-c3ccccc3C(F)(F)F)nc12.O=C(O)c1cnn2ccc(-c3ccccc3C(F)(F)F)nc12. The zero-order valence-corrected chi connectivity index (χ0v) is 22.4. The normalized spacial score (nSPS) is 11.8. The van der Waals surface area contributed by atoms with E-state index in [0.717, 1.165) is 18.3 Å². The molecule has 0 bridgehead atoms. The van der Waals surface area contributed by atoms with Gasteiger partial charge in [0.2, 0.25) is 0 Å². The van der Waals surface area contributed by atoms with E-state index in [1.165, 1.54) is 76.2 Å². The molecule has 0 aliphatic heterocycles. The Labute approximate surface area is 247 Å². The van der Waals surface area contributed by atoms with Crippen LogP contribution in [0.15, 0.2) is 85.5 Å². The number of carboxylic acid groups (broad SMARTS) is 1. The lowest BCUT2D eigenvalue weighted by atomic mass is 10.0. The number of halogens is 7. The number of carbonyl (C=O) groups is 2. The lowest BCUT2D eigenvalue weighted by molar-refractivity contribution is -0.137. The highest BCUT2D eigenvalue weighted by atomic mass is 35.5. The highest BCUT2D eigenvalue weighted by Gasteiger charge is 2.34. The van der Waals surface area contributed by atoms with Crippen LogP contribution in [0.2, 0.25) is 0 Å². The fourth-order valence-electron chi connectivity index (χ4n) is 4.23. The van der Waals surface area contributed by atoms with Crippen LogP contribution in [0.4, 0.5) is 26.3 Å². The molecule has 0 aliphatic rings. The number of hydrogen-bond acceptors (Lipinski definition) is 6. The maximum absolute atomic E-state index is 13.1. The van der Waals surface area contributed by atoms with Gasteiger partial charge in [-0.05, 0) is 35.9 Å². The summed E-state index contributed by atoms with van der Waals surface area (Å²) in [6.45, 7) is 0. The van der Waals surface area contributed by atoms with Gasteiger partial charge in [-0.25, -0.2) is 23.8 Å². The Morgan fingerprint density at radius 1 is 0.659 bits per heavy atom. The van der Waals surface area contributed by atoms with Crippen molar-refractivity contribution < 1.29 is 41.0 Å². The van der Waals surface area contributed by atoms with Gasteiger partial charge >= 0.3 is 18.3 Å². The third kappa shape index (κ3) is 5.94. The molecule has 0 saturated heterocycles. The number of nitrogens with zero attached hydrogens (tertiary/aromatic N) is 6. The average molecular weight is 633 g/mol. The van der Waals surface area contributed by atoms with Gasteiger partial charge in [-0.1, -0.05) is 36.4 Å². The first-order chi connectivity index (χ1) is 20.8. The number of alkyl halides is 6. The summed E-state index contributed by atoms with van der Waals surface area (Å²) >= 11 is 5.41. The number of hydrogen-bond donors (Lipinski definition) is 1. The van der Waals surface area contributed by atoms with E-state index in [9.17, 15) is 35.9 Å². The quantitative estimate of drug-likeness (QED) is 0.166. The van der Waals surface area contributed by atoms with Crippen LogP contribution in [0.25, 0.3) is 33.8 Å². The maximum Gasteiger partial charge on any atom is 0.417 e. The summed E-state index contributed by atoms with van der Waals surface area (Å²) in [6.07, 6.45) is -3.91. The highest BCUT2D eigenvalue weighted by Crippen LogP contribution is 2.37. The second kappa shape index (κ2) is 11.4. The zero-order chi connectivity index (χ0) is 31.8. The van der Waals surface area contributed by atoms with Gasteiger partial charge in [0.05, 0.1) is 40.5 Å². The molecule has 6 aromatic rings. The molecule has 1 N–H and O–H groups in total. The number of carboxylic acids is 1. The van der Waals surface area contributed by atoms with Crippen molar-refractivity contribution in [3.8, 4) is 22.5 Å². The van der Waals surface area contributed by atoms with Crippen LogP contribution < -0.4 is 0 Å². The molecule has 0 aliphatic carbocycles. The van der Waals surface area contributed by atoms with E-state index < -0.39 is 34.7 Å². The maximum atomic E-state index is 13.1. The second-order valence-electron chi connectivity index (χ2n) is 8.94. The Morgan fingerprint density at radius 3 is 1.48 bits per heavy atom. The fourth-order valence-corrected chi connectivity index (χ4v) is 4.37. The van der Waals surface area contributed by atoms with Gasteiger partial charge in [0.1, 0.15) is 5.56 Å². The summed E-state index contributed by atoms with van der Waals surface area (Å²) in [5, 5.41) is 15.9. The summed E-state index contributed by atoms with van der Waals surface area (Å²) in [6, 6.07) is 12.8. The van der Waals surface area contributed by atoms with Gasteiger partial charge in [-0.2, -0.15) is 36.5 Å². The van der Waals surface area contributed by atoms with Gasteiger partial charge in [-0.3, -0.25) is 4.79 Å². The average Bonchev–Trinajstić information content (AvgIpc) is 3.60. The molecule has 16 heteroatoms. The number of fused-ring (bicyclic) bond motifs is 2. The zero-order valence-electron chi connectivity index (χ0n) is 21.7. The molecule has 0 fully saturated rings. The van der Waals surface area contributed by atoms with Crippen LogP contribution in [0.1, 0.15) is 31.8 Å². The summed E-state index contributed by atoms with van der Waals surface area (Å²) in [7, 11) is 0. The van der Waals surface area contributed by atoms with Crippen LogP contribution in [-0.4, -0.2) is 45.5 Å². The van der Waals surface area contributed by atoms with Crippen LogP contribution in [-0.2, 0) is 12.4 Å². The molecule has 0 spiro atoms. The van der Waals surface area contributed by atoms with Crippen LogP contribution in [0, 0.1) is 0 Å². The van der Waals surface area contributed by atoms with Gasteiger partial charge in [0.25, 0.3) is 5.24 Å². The van der Waals surface area contributed by atoms with E-state index in [-0.39, 0.29) is 44.9 Å². The molecule has 2 aromatic carbocycles. The summed E-state index contributed by atoms with van der Waals surface area (Å²) in [4.78, 5) is 30.5. The van der Waals surface area contributed by atoms with Gasteiger partial charge in [0, 0.05) is 23.5 Å². The third-order valence-corrected chi connectivity index (χ3v) is 6.40. The van der Waals surface area contributed by atoms with E-state index in [1.807, 2.05) is 0 Å². The van der Waals surface area contributed by atoms with E-state index in [4.69, 9.17) is 16.7 Å². The van der Waals surface area contributed by atoms with E-state index in [0.29, 0.717) is 0 Å². The molecular formula is C28H15ClF6N6O3. The molecule has 4 heterocycles. The lowest BCUT2D eigenvalue weighted by Gasteiger charge is -2.12. The monoisotopic (exact) mass is 632 g/mol. The first kappa shape index (κ1) is 30.2. The van der Waals surface area contributed by atoms with Crippen molar-refractivity contribution in [3.63, 3.8) is 0 Å². The Bertz CT molecular complexity index is 1890. The van der Waals surface area contributed by atoms with E-state index in [2.05, 4.69) is 20.2 Å². The number of aromatic carboxylic acids is 1. The molecule has 44 heavy (non-hydrogen) atoms. The van der Waals surface area contributed by atoms with Crippen molar-refractivity contribution in [3.05, 3.63) is 108 Å². The van der Waals surface area contributed by atoms with Crippen molar-refractivity contribution in [1.82, 2.24) is 29.2 Å². The predicted octanol–water partition coefficient (Wildman–Crippen LogP) is 6.91. The summed E-state index contributed by atoms with van der Waals surface area (Å²) in [5.74, 6) is -1.25. The number of rotatable bonds is 4. The smallest absolute Gasteiger partial charge is 0.417 e. The van der Waals surface area contributed by atoms with Crippen molar-refractivity contribution in [2.45, 2.75) is 12.4 Å². The minimum absolute atomic E-state index is 0.0121. The molecule has 0 radical (unpaired) electrons. The van der Waals surface area contributed by atoms with Gasteiger partial charge in [0.15, 0.2) is 11.3 Å². The standard InChI is InChI=1S/C14H7ClF3N3O.C14H8F3N3O2/c15-12(22)9-7-19-21-6-5-11(20-13(9)21)8-3-1-2-4-10(8)14(16,17)18;15-14(16,17)10-4-2-1-3-8(10)11-5-6-20-12(19-11)9(7-18-20)13(21)22/h1-7H;1-7H,(H,21,22). The summed E-state index contributed by atoms with van der Waals surface area (Å²) < 4.78 is 80.9. The number of benzene rings is 2. The van der Waals surface area contributed by atoms with Crippen LogP contribution >= 0.6 is 11.6 Å². The molecular weight excluding hydrogens is 618 g/mol. The third-order valence-electron chi connectivity index (χ3n) is 6.20. The molecule has 0 unspecified atom stereocenters.